The van der Waals surface area contributed by atoms with E-state index in [2.05, 4.69) is 15.6 Å². The van der Waals surface area contributed by atoms with Crippen molar-refractivity contribution in [3.05, 3.63) is 47.8 Å². The molecule has 7 heteroatoms. The molecule has 1 heterocycles. The molecule has 1 aromatic carbocycles. The van der Waals surface area contributed by atoms with Crippen molar-refractivity contribution in [3.8, 4) is 0 Å². The fourth-order valence-corrected chi connectivity index (χ4v) is 1.85. The number of carboxylic acid groups (broad SMARTS) is 1. The number of nitrogens with one attached hydrogen (secondary N) is 1. The highest BCUT2D eigenvalue weighted by Gasteiger charge is 2.13. The van der Waals surface area contributed by atoms with Gasteiger partial charge in [0.1, 0.15) is 6.54 Å². The summed E-state index contributed by atoms with van der Waals surface area (Å²) in [6.45, 7) is 2.16. The van der Waals surface area contributed by atoms with E-state index in [4.69, 9.17) is 5.11 Å². The highest BCUT2D eigenvalue weighted by molar-refractivity contribution is 5.91. The minimum absolute atomic E-state index is 0.108. The van der Waals surface area contributed by atoms with Crippen molar-refractivity contribution in [2.75, 3.05) is 6.54 Å². The first-order valence-corrected chi connectivity index (χ1v) is 6.51. The summed E-state index contributed by atoms with van der Waals surface area (Å²) in [6, 6.07) is 9.84. The van der Waals surface area contributed by atoms with E-state index in [1.807, 2.05) is 37.3 Å². The number of aromatic nitrogens is 3. The number of benzene rings is 1. The molecule has 1 unspecified atom stereocenters. The van der Waals surface area contributed by atoms with Crippen molar-refractivity contribution in [2.45, 2.75) is 19.4 Å². The highest BCUT2D eigenvalue weighted by atomic mass is 16.4. The minimum Gasteiger partial charge on any atom is -0.480 e. The zero-order chi connectivity index (χ0) is 15.2. The predicted molar refractivity (Wildman–Crippen MR) is 74.8 cm³/mol. The quantitative estimate of drug-likeness (QED) is 0.823. The third-order valence-electron chi connectivity index (χ3n) is 3.01. The van der Waals surface area contributed by atoms with Crippen LogP contribution in [0.5, 0.6) is 0 Å². The maximum absolute atomic E-state index is 11.9. The molecular weight excluding hydrogens is 272 g/mol. The molecule has 2 aromatic rings. The fourth-order valence-electron chi connectivity index (χ4n) is 1.85. The Balaban J connectivity index is 1.90. The van der Waals surface area contributed by atoms with E-state index < -0.39 is 5.97 Å². The van der Waals surface area contributed by atoms with Crippen LogP contribution >= 0.6 is 0 Å². The first-order chi connectivity index (χ1) is 10.1. The fraction of sp³-hybridized carbons (Fsp3) is 0.286. The number of hydrogen-bond donors (Lipinski definition) is 2. The summed E-state index contributed by atoms with van der Waals surface area (Å²) in [6.07, 6.45) is 1.32. The lowest BCUT2D eigenvalue weighted by atomic mass is 10.0. The number of aliphatic carboxylic acids is 1. The molecule has 0 bridgehead atoms. The normalized spacial score (nSPS) is 11.9. The van der Waals surface area contributed by atoms with Gasteiger partial charge in [0.05, 0.1) is 6.20 Å². The van der Waals surface area contributed by atoms with Gasteiger partial charge in [-0.15, -0.1) is 5.10 Å². The molecule has 0 spiro atoms. The molecule has 2 N–H and O–H groups in total. The van der Waals surface area contributed by atoms with Gasteiger partial charge in [0.25, 0.3) is 5.91 Å². The number of hydrogen-bond acceptors (Lipinski definition) is 4. The monoisotopic (exact) mass is 288 g/mol. The number of carbonyl (C=O) groups excluding carboxylic acids is 1. The molecule has 110 valence electrons. The van der Waals surface area contributed by atoms with Gasteiger partial charge in [-0.2, -0.15) is 0 Å². The van der Waals surface area contributed by atoms with E-state index in [-0.39, 0.29) is 24.1 Å². The van der Waals surface area contributed by atoms with Gasteiger partial charge >= 0.3 is 5.97 Å². The largest absolute Gasteiger partial charge is 0.480 e. The number of amides is 1. The Morgan fingerprint density at radius 2 is 2.05 bits per heavy atom. The third kappa shape index (κ3) is 4.13. The maximum Gasteiger partial charge on any atom is 0.325 e. The van der Waals surface area contributed by atoms with Crippen LogP contribution in [0, 0.1) is 0 Å². The van der Waals surface area contributed by atoms with Gasteiger partial charge in [-0.25, -0.2) is 4.68 Å². The minimum atomic E-state index is -1.04. The number of carbonyl (C=O) groups is 2. The standard InChI is InChI=1S/C14H16N4O3/c1-10(11-5-3-2-4-6-11)7-15-14(21)12-8-18(17-16-12)9-13(19)20/h2-6,8,10H,7,9H2,1H3,(H,15,21)(H,19,20). The molecule has 1 aromatic heterocycles. The molecule has 0 saturated heterocycles. The average Bonchev–Trinajstić information content (AvgIpc) is 2.93. The smallest absolute Gasteiger partial charge is 0.325 e. The molecule has 0 radical (unpaired) electrons. The SMILES string of the molecule is CC(CNC(=O)c1cn(CC(=O)O)nn1)c1ccccc1. The van der Waals surface area contributed by atoms with Gasteiger partial charge in [0, 0.05) is 6.54 Å². The van der Waals surface area contributed by atoms with Crippen LogP contribution < -0.4 is 5.32 Å². The summed E-state index contributed by atoms with van der Waals surface area (Å²) in [5.41, 5.74) is 1.24. The van der Waals surface area contributed by atoms with Gasteiger partial charge in [-0.1, -0.05) is 42.5 Å². The molecule has 0 saturated carbocycles. The summed E-state index contributed by atoms with van der Waals surface area (Å²) >= 11 is 0. The summed E-state index contributed by atoms with van der Waals surface area (Å²) in [4.78, 5) is 22.4. The topological polar surface area (TPSA) is 97.1 Å². The zero-order valence-corrected chi connectivity index (χ0v) is 11.6. The van der Waals surface area contributed by atoms with E-state index in [0.29, 0.717) is 6.54 Å². The Hall–Kier alpha value is -2.70. The summed E-state index contributed by atoms with van der Waals surface area (Å²) in [7, 11) is 0. The molecule has 1 amide bonds. The third-order valence-corrected chi connectivity index (χ3v) is 3.01. The van der Waals surface area contributed by atoms with Crippen molar-refractivity contribution < 1.29 is 14.7 Å². The van der Waals surface area contributed by atoms with Crippen molar-refractivity contribution in [1.29, 1.82) is 0 Å². The van der Waals surface area contributed by atoms with E-state index in [1.54, 1.807) is 0 Å². The molecule has 21 heavy (non-hydrogen) atoms. The van der Waals surface area contributed by atoms with E-state index in [9.17, 15) is 9.59 Å². The van der Waals surface area contributed by atoms with E-state index in [1.165, 1.54) is 6.20 Å². The second-order valence-corrected chi connectivity index (χ2v) is 4.72. The van der Waals surface area contributed by atoms with Crippen LogP contribution in [0.3, 0.4) is 0 Å². The average molecular weight is 288 g/mol. The molecular formula is C14H16N4O3. The van der Waals surface area contributed by atoms with E-state index in [0.717, 1.165) is 10.2 Å². The van der Waals surface area contributed by atoms with Gasteiger partial charge < -0.3 is 10.4 Å². The summed E-state index contributed by atoms with van der Waals surface area (Å²) in [5, 5.41) is 18.6. The van der Waals surface area contributed by atoms with Crippen LogP contribution in [0.1, 0.15) is 28.9 Å². The van der Waals surface area contributed by atoms with Crippen molar-refractivity contribution in [2.24, 2.45) is 0 Å². The Morgan fingerprint density at radius 1 is 1.33 bits per heavy atom. The molecule has 0 fully saturated rings. The molecule has 0 aliphatic rings. The lowest BCUT2D eigenvalue weighted by molar-refractivity contribution is -0.137. The van der Waals surface area contributed by atoms with Gasteiger partial charge in [-0.3, -0.25) is 9.59 Å². The Morgan fingerprint density at radius 3 is 2.71 bits per heavy atom. The Labute approximate surface area is 121 Å². The van der Waals surface area contributed by atoms with Crippen molar-refractivity contribution >= 4 is 11.9 Å². The van der Waals surface area contributed by atoms with Crippen molar-refractivity contribution in [3.63, 3.8) is 0 Å². The summed E-state index contributed by atoms with van der Waals surface area (Å²) in [5.74, 6) is -1.23. The van der Waals surface area contributed by atoms with Crippen LogP contribution in [0.4, 0.5) is 0 Å². The van der Waals surface area contributed by atoms with Crippen LogP contribution in [0.15, 0.2) is 36.5 Å². The molecule has 7 nitrogen and oxygen atoms in total. The number of nitrogens with zero attached hydrogens (tertiary/aromatic N) is 3. The maximum atomic E-state index is 11.9. The van der Waals surface area contributed by atoms with Crippen LogP contribution in [0.2, 0.25) is 0 Å². The van der Waals surface area contributed by atoms with Crippen molar-refractivity contribution in [1.82, 2.24) is 20.3 Å². The molecule has 0 aliphatic heterocycles. The first-order valence-electron chi connectivity index (χ1n) is 6.51. The summed E-state index contributed by atoms with van der Waals surface area (Å²) < 4.78 is 1.11. The van der Waals surface area contributed by atoms with E-state index >= 15 is 0 Å². The number of rotatable bonds is 6. The van der Waals surface area contributed by atoms with Gasteiger partial charge in [0.15, 0.2) is 5.69 Å². The van der Waals surface area contributed by atoms with Crippen LogP contribution in [0.25, 0.3) is 0 Å². The molecule has 2 rings (SSSR count). The van der Waals surface area contributed by atoms with Crippen LogP contribution in [-0.2, 0) is 11.3 Å². The highest BCUT2D eigenvalue weighted by Crippen LogP contribution is 2.13. The van der Waals surface area contributed by atoms with Gasteiger partial charge in [0.2, 0.25) is 0 Å². The second kappa shape index (κ2) is 6.65. The predicted octanol–water partition coefficient (Wildman–Crippen LogP) is 0.896. The Kier molecular flexibility index (Phi) is 4.65. The molecule has 0 aliphatic carbocycles. The molecule has 1 atom stereocenters. The zero-order valence-electron chi connectivity index (χ0n) is 11.6. The van der Waals surface area contributed by atoms with Crippen LogP contribution in [-0.4, -0.2) is 38.5 Å². The number of carboxylic acids is 1. The second-order valence-electron chi connectivity index (χ2n) is 4.72. The first kappa shape index (κ1) is 14.7. The Bertz CT molecular complexity index is 624. The van der Waals surface area contributed by atoms with Gasteiger partial charge in [-0.05, 0) is 11.5 Å². The lowest BCUT2D eigenvalue weighted by Gasteiger charge is -2.12. The lowest BCUT2D eigenvalue weighted by Crippen LogP contribution is -2.27.